The molecule has 0 bridgehead atoms. The summed E-state index contributed by atoms with van der Waals surface area (Å²) in [6.45, 7) is 2.74. The maximum atomic E-state index is 12.5. The molecule has 0 saturated carbocycles. The fraction of sp³-hybridized carbons (Fsp3) is 0.294. The predicted molar refractivity (Wildman–Crippen MR) is 91.9 cm³/mol. The van der Waals surface area contributed by atoms with Gasteiger partial charge in [-0.25, -0.2) is 4.98 Å². The summed E-state index contributed by atoms with van der Waals surface area (Å²) >= 11 is 1.45. The van der Waals surface area contributed by atoms with Crippen molar-refractivity contribution in [2.75, 3.05) is 25.0 Å². The van der Waals surface area contributed by atoms with Crippen molar-refractivity contribution in [2.24, 2.45) is 0 Å². The van der Waals surface area contributed by atoms with Crippen molar-refractivity contribution in [3.05, 3.63) is 45.9 Å². The second kappa shape index (κ2) is 7.42. The van der Waals surface area contributed by atoms with E-state index in [9.17, 15) is 14.9 Å². The van der Waals surface area contributed by atoms with E-state index in [1.54, 1.807) is 31.3 Å². The number of hydrogen-bond acceptors (Lipinski definition) is 6. The Balaban J connectivity index is 1.69. The molecule has 1 N–H and O–H groups in total. The molecule has 2 heterocycles. The van der Waals surface area contributed by atoms with E-state index in [2.05, 4.69) is 10.3 Å². The van der Waals surface area contributed by atoms with E-state index in [0.29, 0.717) is 24.4 Å². The number of aromatic nitrogens is 1. The van der Waals surface area contributed by atoms with Crippen LogP contribution >= 0.6 is 11.3 Å². The molecule has 1 aromatic carbocycles. The average Bonchev–Trinajstić information content (AvgIpc) is 3.16. The minimum Gasteiger partial charge on any atom is -0.367 e. The number of aryl methyl sites for hydroxylation is 1. The van der Waals surface area contributed by atoms with Crippen molar-refractivity contribution in [3.8, 4) is 6.07 Å². The topological polar surface area (TPSA) is 95.3 Å². The van der Waals surface area contributed by atoms with Gasteiger partial charge in [-0.2, -0.15) is 5.26 Å². The Labute approximate surface area is 148 Å². The molecular formula is C17H16N4O3S. The van der Waals surface area contributed by atoms with Gasteiger partial charge in [0, 0.05) is 18.1 Å². The molecule has 0 spiro atoms. The standard InChI is InChI=1S/C17H16N4O3S/c1-11-3-2-4-13(12(11)9-18)20-15(22)17(23)21-6-7-24-14(10-21)16-19-5-8-25-16/h2-5,8,14H,6-7,10H2,1H3,(H,20,22)/t14-/m1/s1. The van der Waals surface area contributed by atoms with Crippen LogP contribution in [0.5, 0.6) is 0 Å². The van der Waals surface area contributed by atoms with Crippen molar-refractivity contribution >= 4 is 28.8 Å². The molecule has 3 rings (SSSR count). The van der Waals surface area contributed by atoms with E-state index < -0.39 is 11.8 Å². The van der Waals surface area contributed by atoms with Crippen LogP contribution in [-0.2, 0) is 14.3 Å². The van der Waals surface area contributed by atoms with Crippen molar-refractivity contribution in [2.45, 2.75) is 13.0 Å². The number of nitrogens with zero attached hydrogens (tertiary/aromatic N) is 3. The number of ether oxygens (including phenoxy) is 1. The maximum absolute atomic E-state index is 12.5. The minimum atomic E-state index is -0.762. The Morgan fingerprint density at radius 2 is 2.32 bits per heavy atom. The Kier molecular flexibility index (Phi) is 5.07. The molecule has 7 nitrogen and oxygen atoms in total. The first-order valence-corrected chi connectivity index (χ1v) is 8.59. The molecule has 2 aromatic rings. The molecule has 1 fully saturated rings. The third-order valence-corrected chi connectivity index (χ3v) is 4.78. The second-order valence-electron chi connectivity index (χ2n) is 5.54. The number of nitrogens with one attached hydrogen (secondary N) is 1. The molecule has 1 aromatic heterocycles. The Morgan fingerprint density at radius 1 is 1.48 bits per heavy atom. The summed E-state index contributed by atoms with van der Waals surface area (Å²) in [7, 11) is 0. The van der Waals surface area contributed by atoms with E-state index >= 15 is 0 Å². The van der Waals surface area contributed by atoms with E-state index in [4.69, 9.17) is 4.74 Å². The first kappa shape index (κ1) is 17.1. The number of carbonyl (C=O) groups is 2. The fourth-order valence-corrected chi connectivity index (χ4v) is 3.29. The quantitative estimate of drug-likeness (QED) is 0.829. The molecule has 128 valence electrons. The highest BCUT2D eigenvalue weighted by Crippen LogP contribution is 2.24. The highest BCUT2D eigenvalue weighted by Gasteiger charge is 2.30. The molecule has 1 saturated heterocycles. The van der Waals surface area contributed by atoms with Crippen LogP contribution in [0.4, 0.5) is 5.69 Å². The SMILES string of the molecule is Cc1cccc(NC(=O)C(=O)N2CCO[C@@H](c3nccs3)C2)c1C#N. The molecular weight excluding hydrogens is 340 g/mol. The van der Waals surface area contributed by atoms with Gasteiger partial charge in [-0.05, 0) is 18.6 Å². The van der Waals surface area contributed by atoms with Gasteiger partial charge in [-0.15, -0.1) is 11.3 Å². The number of thiazole rings is 1. The van der Waals surface area contributed by atoms with Gasteiger partial charge >= 0.3 is 11.8 Å². The van der Waals surface area contributed by atoms with Crippen LogP contribution < -0.4 is 5.32 Å². The zero-order chi connectivity index (χ0) is 17.8. The predicted octanol–water partition coefficient (Wildman–Crippen LogP) is 1.86. The smallest absolute Gasteiger partial charge is 0.313 e. The molecule has 0 unspecified atom stereocenters. The number of hydrogen-bond donors (Lipinski definition) is 1. The third-order valence-electron chi connectivity index (χ3n) is 3.91. The first-order valence-electron chi connectivity index (χ1n) is 7.71. The highest BCUT2D eigenvalue weighted by atomic mass is 32.1. The maximum Gasteiger partial charge on any atom is 0.313 e. The second-order valence-corrected chi connectivity index (χ2v) is 6.47. The van der Waals surface area contributed by atoms with Gasteiger partial charge in [0.2, 0.25) is 0 Å². The molecule has 1 aliphatic rings. The summed E-state index contributed by atoms with van der Waals surface area (Å²) < 4.78 is 5.63. The van der Waals surface area contributed by atoms with Gasteiger partial charge < -0.3 is 15.0 Å². The molecule has 8 heteroatoms. The van der Waals surface area contributed by atoms with E-state index in [1.807, 2.05) is 11.4 Å². The van der Waals surface area contributed by atoms with Crippen LogP contribution in [0.3, 0.4) is 0 Å². The Morgan fingerprint density at radius 3 is 3.04 bits per heavy atom. The lowest BCUT2D eigenvalue weighted by Gasteiger charge is -2.31. The number of anilines is 1. The fourth-order valence-electron chi connectivity index (χ4n) is 2.62. The van der Waals surface area contributed by atoms with Gasteiger partial charge in [0.05, 0.1) is 24.4 Å². The average molecular weight is 356 g/mol. The van der Waals surface area contributed by atoms with Crippen LogP contribution in [0.15, 0.2) is 29.8 Å². The van der Waals surface area contributed by atoms with Crippen molar-refractivity contribution < 1.29 is 14.3 Å². The summed E-state index contributed by atoms with van der Waals surface area (Å²) in [6, 6.07) is 7.15. The van der Waals surface area contributed by atoms with Gasteiger partial charge in [0.1, 0.15) is 17.2 Å². The summed E-state index contributed by atoms with van der Waals surface area (Å²) in [5.41, 5.74) is 1.43. The number of amides is 2. The van der Waals surface area contributed by atoms with Crippen LogP contribution in [0.1, 0.15) is 22.2 Å². The Bertz CT molecular complexity index is 829. The minimum absolute atomic E-state index is 0.276. The van der Waals surface area contributed by atoms with Crippen molar-refractivity contribution in [1.82, 2.24) is 9.88 Å². The molecule has 0 aliphatic carbocycles. The summed E-state index contributed by atoms with van der Waals surface area (Å²) in [5.74, 6) is -1.41. The van der Waals surface area contributed by atoms with Gasteiger partial charge in [0.25, 0.3) is 0 Å². The summed E-state index contributed by atoms with van der Waals surface area (Å²) in [6.07, 6.45) is 1.36. The molecule has 0 radical (unpaired) electrons. The monoisotopic (exact) mass is 356 g/mol. The van der Waals surface area contributed by atoms with E-state index in [1.165, 1.54) is 16.2 Å². The molecule has 25 heavy (non-hydrogen) atoms. The van der Waals surface area contributed by atoms with Gasteiger partial charge in [-0.3, -0.25) is 9.59 Å². The third kappa shape index (κ3) is 3.68. The van der Waals surface area contributed by atoms with Crippen LogP contribution in [0, 0.1) is 18.3 Å². The van der Waals surface area contributed by atoms with E-state index in [-0.39, 0.29) is 12.6 Å². The normalized spacial score (nSPS) is 17.0. The van der Waals surface area contributed by atoms with Crippen LogP contribution in [0.25, 0.3) is 0 Å². The lowest BCUT2D eigenvalue weighted by molar-refractivity contribution is -0.148. The zero-order valence-electron chi connectivity index (χ0n) is 13.6. The van der Waals surface area contributed by atoms with Crippen LogP contribution in [-0.4, -0.2) is 41.4 Å². The number of nitriles is 1. The number of rotatable bonds is 2. The lowest BCUT2D eigenvalue weighted by atomic mass is 10.1. The van der Waals surface area contributed by atoms with E-state index in [0.717, 1.165) is 10.6 Å². The summed E-state index contributed by atoms with van der Waals surface area (Å²) in [5, 5.41) is 14.4. The van der Waals surface area contributed by atoms with Crippen molar-refractivity contribution in [1.29, 1.82) is 5.26 Å². The summed E-state index contributed by atoms with van der Waals surface area (Å²) in [4.78, 5) is 30.4. The highest BCUT2D eigenvalue weighted by molar-refractivity contribution is 7.09. The molecule has 2 amide bonds. The lowest BCUT2D eigenvalue weighted by Crippen LogP contribution is -2.46. The van der Waals surface area contributed by atoms with Gasteiger partial charge in [0.15, 0.2) is 0 Å². The zero-order valence-corrected chi connectivity index (χ0v) is 14.4. The largest absolute Gasteiger partial charge is 0.367 e. The first-order chi connectivity index (χ1) is 12.1. The number of benzene rings is 1. The number of morpholine rings is 1. The molecule has 1 atom stereocenters. The Hall–Kier alpha value is -2.76. The number of carbonyl (C=O) groups excluding carboxylic acids is 2. The van der Waals surface area contributed by atoms with Crippen LogP contribution in [0.2, 0.25) is 0 Å². The van der Waals surface area contributed by atoms with Crippen molar-refractivity contribution in [3.63, 3.8) is 0 Å². The van der Waals surface area contributed by atoms with Gasteiger partial charge in [-0.1, -0.05) is 12.1 Å². The molecule has 1 aliphatic heterocycles.